The number of ether oxygens (including phenoxy) is 1. The second kappa shape index (κ2) is 5.93. The second-order valence-electron chi connectivity index (χ2n) is 2.93. The van der Waals surface area contributed by atoms with E-state index in [1.807, 2.05) is 25.3 Å². The van der Waals surface area contributed by atoms with Crippen LogP contribution in [0.4, 0.5) is 0 Å². The predicted octanol–water partition coefficient (Wildman–Crippen LogP) is 1.10. The largest absolute Gasteiger partial charge is 0.464 e. The summed E-state index contributed by atoms with van der Waals surface area (Å²) in [6.45, 7) is 0.788. The fourth-order valence-electron chi connectivity index (χ4n) is 1.08. The molecule has 0 amide bonds. The van der Waals surface area contributed by atoms with Crippen LogP contribution >= 0.6 is 0 Å². The average molecular weight is 206 g/mol. The molecule has 0 fully saturated rings. The van der Waals surface area contributed by atoms with E-state index in [1.54, 1.807) is 12.3 Å². The second-order valence-corrected chi connectivity index (χ2v) is 2.93. The van der Waals surface area contributed by atoms with Gasteiger partial charge in [0.1, 0.15) is 5.69 Å². The highest BCUT2D eigenvalue weighted by Crippen LogP contribution is 2.04. The van der Waals surface area contributed by atoms with Crippen molar-refractivity contribution in [1.29, 1.82) is 0 Å². The molecule has 1 N–H and O–H groups in total. The van der Waals surface area contributed by atoms with Crippen molar-refractivity contribution in [3.63, 3.8) is 0 Å². The SMILES string of the molecule is CNCC=Cc1ccnc(C(=O)OC)c1. The summed E-state index contributed by atoms with van der Waals surface area (Å²) in [7, 11) is 3.21. The van der Waals surface area contributed by atoms with Crippen molar-refractivity contribution in [2.45, 2.75) is 0 Å². The van der Waals surface area contributed by atoms with Gasteiger partial charge in [0.2, 0.25) is 0 Å². The van der Waals surface area contributed by atoms with Crippen molar-refractivity contribution >= 4 is 12.0 Å². The van der Waals surface area contributed by atoms with Gasteiger partial charge in [0.05, 0.1) is 7.11 Å². The zero-order chi connectivity index (χ0) is 11.1. The van der Waals surface area contributed by atoms with Gasteiger partial charge in [-0.05, 0) is 24.7 Å². The smallest absolute Gasteiger partial charge is 0.356 e. The summed E-state index contributed by atoms with van der Waals surface area (Å²) in [5, 5.41) is 2.99. The van der Waals surface area contributed by atoms with Crippen molar-refractivity contribution in [2.24, 2.45) is 0 Å². The molecule has 0 unspecified atom stereocenters. The van der Waals surface area contributed by atoms with Crippen molar-refractivity contribution in [1.82, 2.24) is 10.3 Å². The van der Waals surface area contributed by atoms with Gasteiger partial charge in [0.25, 0.3) is 0 Å². The molecule has 0 aliphatic carbocycles. The summed E-state index contributed by atoms with van der Waals surface area (Å²) >= 11 is 0. The first kappa shape index (κ1) is 11.4. The first-order valence-electron chi connectivity index (χ1n) is 4.63. The molecule has 0 bridgehead atoms. The maximum atomic E-state index is 11.2. The number of likely N-dealkylation sites (N-methyl/N-ethyl adjacent to an activating group) is 1. The molecule has 0 atom stereocenters. The standard InChI is InChI=1S/C11H14N2O2/c1-12-6-3-4-9-5-7-13-10(8-9)11(14)15-2/h3-5,7-8,12H,6H2,1-2H3. The van der Waals surface area contributed by atoms with Gasteiger partial charge in [-0.15, -0.1) is 0 Å². The Hall–Kier alpha value is -1.68. The lowest BCUT2D eigenvalue weighted by Crippen LogP contribution is -2.04. The molecule has 0 saturated carbocycles. The number of hydrogen-bond acceptors (Lipinski definition) is 4. The molecule has 80 valence electrons. The number of carbonyl (C=O) groups is 1. The number of rotatable bonds is 4. The summed E-state index contributed by atoms with van der Waals surface area (Å²) < 4.78 is 4.58. The monoisotopic (exact) mass is 206 g/mol. The van der Waals surface area contributed by atoms with E-state index in [9.17, 15) is 4.79 Å². The molecule has 0 saturated heterocycles. The molecular weight excluding hydrogens is 192 g/mol. The zero-order valence-electron chi connectivity index (χ0n) is 8.86. The van der Waals surface area contributed by atoms with Crippen molar-refractivity contribution < 1.29 is 9.53 Å². The Morgan fingerprint density at radius 3 is 3.13 bits per heavy atom. The highest BCUT2D eigenvalue weighted by molar-refractivity contribution is 5.87. The van der Waals surface area contributed by atoms with Crippen LogP contribution in [0.1, 0.15) is 16.1 Å². The van der Waals surface area contributed by atoms with Crippen molar-refractivity contribution in [2.75, 3.05) is 20.7 Å². The third-order valence-electron chi connectivity index (χ3n) is 1.81. The Kier molecular flexibility index (Phi) is 4.50. The summed E-state index contributed by atoms with van der Waals surface area (Å²) in [5.74, 6) is -0.418. The minimum absolute atomic E-state index is 0.323. The Labute approximate surface area is 89.0 Å². The van der Waals surface area contributed by atoms with Gasteiger partial charge in [-0.3, -0.25) is 0 Å². The van der Waals surface area contributed by atoms with Gasteiger partial charge in [0, 0.05) is 12.7 Å². The van der Waals surface area contributed by atoms with E-state index in [0.717, 1.165) is 12.1 Å². The summed E-state index contributed by atoms with van der Waals surface area (Å²) in [4.78, 5) is 15.1. The fourth-order valence-corrected chi connectivity index (χ4v) is 1.08. The number of hydrogen-bond donors (Lipinski definition) is 1. The predicted molar refractivity (Wildman–Crippen MR) is 58.5 cm³/mol. The van der Waals surface area contributed by atoms with Crippen LogP contribution in [0.25, 0.3) is 6.08 Å². The molecule has 1 aromatic heterocycles. The van der Waals surface area contributed by atoms with Gasteiger partial charge in [-0.1, -0.05) is 12.2 Å². The normalized spacial score (nSPS) is 10.5. The van der Waals surface area contributed by atoms with E-state index < -0.39 is 5.97 Å². The first-order valence-corrected chi connectivity index (χ1v) is 4.63. The topological polar surface area (TPSA) is 51.2 Å². The summed E-state index contributed by atoms with van der Waals surface area (Å²) in [6.07, 6.45) is 5.48. The molecule has 0 aliphatic heterocycles. The van der Waals surface area contributed by atoms with Gasteiger partial charge in [-0.25, -0.2) is 9.78 Å². The highest BCUT2D eigenvalue weighted by atomic mass is 16.5. The number of carbonyl (C=O) groups excluding carboxylic acids is 1. The van der Waals surface area contributed by atoms with E-state index in [-0.39, 0.29) is 0 Å². The van der Waals surface area contributed by atoms with Crippen LogP contribution in [-0.2, 0) is 4.74 Å². The Morgan fingerprint density at radius 2 is 2.47 bits per heavy atom. The third-order valence-corrected chi connectivity index (χ3v) is 1.81. The first-order chi connectivity index (χ1) is 7.27. The highest BCUT2D eigenvalue weighted by Gasteiger charge is 2.05. The van der Waals surface area contributed by atoms with Gasteiger partial charge in [0.15, 0.2) is 0 Å². The molecule has 0 aliphatic rings. The lowest BCUT2D eigenvalue weighted by atomic mass is 10.2. The quantitative estimate of drug-likeness (QED) is 0.749. The molecule has 1 aromatic rings. The van der Waals surface area contributed by atoms with Crippen LogP contribution < -0.4 is 5.32 Å². The number of methoxy groups -OCH3 is 1. The summed E-state index contributed by atoms with van der Waals surface area (Å²) in [5.41, 5.74) is 1.25. The van der Waals surface area contributed by atoms with Gasteiger partial charge in [-0.2, -0.15) is 0 Å². The van der Waals surface area contributed by atoms with Gasteiger partial charge < -0.3 is 10.1 Å². The molecule has 1 rings (SSSR count). The van der Waals surface area contributed by atoms with Crippen molar-refractivity contribution in [3.05, 3.63) is 35.7 Å². The maximum absolute atomic E-state index is 11.2. The van der Waals surface area contributed by atoms with E-state index in [2.05, 4.69) is 15.0 Å². The lowest BCUT2D eigenvalue weighted by molar-refractivity contribution is 0.0594. The molecule has 0 spiro atoms. The molecule has 0 aromatic carbocycles. The molecule has 4 nitrogen and oxygen atoms in total. The maximum Gasteiger partial charge on any atom is 0.356 e. The van der Waals surface area contributed by atoms with E-state index >= 15 is 0 Å². The Bertz CT molecular complexity index is 361. The number of nitrogens with one attached hydrogen (secondary N) is 1. The van der Waals surface area contributed by atoms with Crippen LogP contribution in [0.2, 0.25) is 0 Å². The Balaban J connectivity index is 2.78. The summed E-state index contributed by atoms with van der Waals surface area (Å²) in [6, 6.07) is 3.52. The average Bonchev–Trinajstić information content (AvgIpc) is 2.29. The van der Waals surface area contributed by atoms with Crippen LogP contribution in [0.3, 0.4) is 0 Å². The number of nitrogens with zero attached hydrogens (tertiary/aromatic N) is 1. The number of esters is 1. The molecule has 1 heterocycles. The van der Waals surface area contributed by atoms with E-state index in [1.165, 1.54) is 7.11 Å². The Morgan fingerprint density at radius 1 is 1.67 bits per heavy atom. The molecule has 0 radical (unpaired) electrons. The van der Waals surface area contributed by atoms with E-state index in [4.69, 9.17) is 0 Å². The van der Waals surface area contributed by atoms with E-state index in [0.29, 0.717) is 5.69 Å². The third kappa shape index (κ3) is 3.52. The number of aromatic nitrogens is 1. The molecular formula is C11H14N2O2. The van der Waals surface area contributed by atoms with Crippen LogP contribution in [0, 0.1) is 0 Å². The van der Waals surface area contributed by atoms with Crippen LogP contribution in [-0.4, -0.2) is 31.7 Å². The lowest BCUT2D eigenvalue weighted by Gasteiger charge is -1.99. The minimum atomic E-state index is -0.418. The van der Waals surface area contributed by atoms with Crippen molar-refractivity contribution in [3.8, 4) is 0 Å². The fraction of sp³-hybridized carbons (Fsp3) is 0.273. The molecule has 4 heteroatoms. The minimum Gasteiger partial charge on any atom is -0.464 e. The van der Waals surface area contributed by atoms with Crippen LogP contribution in [0.5, 0.6) is 0 Å². The van der Waals surface area contributed by atoms with Gasteiger partial charge >= 0.3 is 5.97 Å². The number of pyridine rings is 1. The van der Waals surface area contributed by atoms with Crippen LogP contribution in [0.15, 0.2) is 24.4 Å². The zero-order valence-corrected chi connectivity index (χ0v) is 8.86. The molecule has 15 heavy (non-hydrogen) atoms.